The molecule has 6 heteroatoms. The van der Waals surface area contributed by atoms with E-state index in [0.717, 1.165) is 5.56 Å². The number of fused-ring (bicyclic) bond motifs is 1. The Labute approximate surface area is 119 Å². The lowest BCUT2D eigenvalue weighted by Crippen LogP contribution is -2.28. The van der Waals surface area contributed by atoms with Crippen LogP contribution in [0.5, 0.6) is 0 Å². The summed E-state index contributed by atoms with van der Waals surface area (Å²) in [6, 6.07) is 9.19. The zero-order valence-corrected chi connectivity index (χ0v) is 11.1. The Morgan fingerprint density at radius 2 is 2.10 bits per heavy atom. The van der Waals surface area contributed by atoms with Gasteiger partial charge in [0.1, 0.15) is 28.4 Å². The lowest BCUT2D eigenvalue weighted by molar-refractivity contribution is 0.477. The van der Waals surface area contributed by atoms with Crippen molar-refractivity contribution in [2.45, 2.75) is 6.04 Å². The number of furan rings is 1. The van der Waals surface area contributed by atoms with Crippen molar-refractivity contribution in [3.63, 3.8) is 0 Å². The number of hydrogen-bond donors (Lipinski definition) is 2. The molecule has 20 heavy (non-hydrogen) atoms. The molecule has 0 saturated carbocycles. The monoisotopic (exact) mass is 291 g/mol. The highest BCUT2D eigenvalue weighted by atomic mass is 35.5. The molecular formula is C14H11ClFN3O. The van der Waals surface area contributed by atoms with E-state index in [-0.39, 0.29) is 11.9 Å². The van der Waals surface area contributed by atoms with Crippen LogP contribution < -0.4 is 11.3 Å². The van der Waals surface area contributed by atoms with Crippen molar-refractivity contribution in [2.24, 2.45) is 5.84 Å². The standard InChI is InChI=1S/C14H11ClFN3O/c15-13-7-8(3-4-18-13)14(19-17)12-6-9-5-10(16)1-2-11(9)20-12/h1-7,14,19H,17H2. The molecule has 3 aromatic rings. The summed E-state index contributed by atoms with van der Waals surface area (Å²) < 4.78 is 18.9. The zero-order chi connectivity index (χ0) is 14.1. The number of nitrogens with two attached hydrogens (primary N) is 1. The summed E-state index contributed by atoms with van der Waals surface area (Å²) in [6.07, 6.45) is 1.59. The second-order valence-corrected chi connectivity index (χ2v) is 4.73. The van der Waals surface area contributed by atoms with Gasteiger partial charge < -0.3 is 4.42 Å². The molecule has 0 aliphatic heterocycles. The average Bonchev–Trinajstić information content (AvgIpc) is 2.82. The first-order chi connectivity index (χ1) is 9.67. The van der Waals surface area contributed by atoms with Crippen molar-refractivity contribution >= 4 is 22.6 Å². The topological polar surface area (TPSA) is 64.1 Å². The highest BCUT2D eigenvalue weighted by Crippen LogP contribution is 2.28. The van der Waals surface area contributed by atoms with E-state index in [0.29, 0.717) is 21.9 Å². The quantitative estimate of drug-likeness (QED) is 0.442. The van der Waals surface area contributed by atoms with Gasteiger partial charge in [0.2, 0.25) is 0 Å². The maximum atomic E-state index is 13.2. The molecule has 2 heterocycles. The predicted octanol–water partition coefficient (Wildman–Crippen LogP) is 3.17. The molecule has 0 radical (unpaired) electrons. The number of hydrogen-bond acceptors (Lipinski definition) is 4. The smallest absolute Gasteiger partial charge is 0.134 e. The third-order valence-electron chi connectivity index (χ3n) is 3.03. The average molecular weight is 292 g/mol. The van der Waals surface area contributed by atoms with Gasteiger partial charge >= 0.3 is 0 Å². The second kappa shape index (κ2) is 5.20. The van der Waals surface area contributed by atoms with Gasteiger partial charge in [0.05, 0.1) is 0 Å². The van der Waals surface area contributed by atoms with Crippen LogP contribution in [-0.2, 0) is 0 Å². The molecule has 3 rings (SSSR count). The third-order valence-corrected chi connectivity index (χ3v) is 3.24. The number of nitrogens with one attached hydrogen (secondary N) is 1. The van der Waals surface area contributed by atoms with Crippen LogP contribution in [0.25, 0.3) is 11.0 Å². The number of benzene rings is 1. The summed E-state index contributed by atoms with van der Waals surface area (Å²) in [6.45, 7) is 0. The van der Waals surface area contributed by atoms with Crippen molar-refractivity contribution < 1.29 is 8.81 Å². The minimum atomic E-state index is -0.383. The summed E-state index contributed by atoms with van der Waals surface area (Å²) in [5, 5.41) is 1.05. The van der Waals surface area contributed by atoms with Gasteiger partial charge in [0.25, 0.3) is 0 Å². The first-order valence-corrected chi connectivity index (χ1v) is 6.32. The Balaban J connectivity index is 2.07. The molecule has 0 saturated heterocycles. The fourth-order valence-electron chi connectivity index (χ4n) is 2.12. The van der Waals surface area contributed by atoms with E-state index in [2.05, 4.69) is 10.4 Å². The van der Waals surface area contributed by atoms with Crippen LogP contribution in [0.4, 0.5) is 4.39 Å². The van der Waals surface area contributed by atoms with Gasteiger partial charge in [0, 0.05) is 11.6 Å². The number of nitrogens with zero attached hydrogens (tertiary/aromatic N) is 1. The van der Waals surface area contributed by atoms with Gasteiger partial charge in [0.15, 0.2) is 0 Å². The first-order valence-electron chi connectivity index (χ1n) is 5.94. The largest absolute Gasteiger partial charge is 0.459 e. The van der Waals surface area contributed by atoms with Crippen LogP contribution in [0.1, 0.15) is 17.4 Å². The molecular weight excluding hydrogens is 281 g/mol. The predicted molar refractivity (Wildman–Crippen MR) is 74.6 cm³/mol. The van der Waals surface area contributed by atoms with E-state index >= 15 is 0 Å². The number of pyridine rings is 1. The second-order valence-electron chi connectivity index (χ2n) is 4.34. The molecule has 0 bridgehead atoms. The van der Waals surface area contributed by atoms with Crippen LogP contribution in [0, 0.1) is 5.82 Å². The SMILES string of the molecule is NNC(c1ccnc(Cl)c1)c1cc2cc(F)ccc2o1. The molecule has 0 fully saturated rings. The highest BCUT2D eigenvalue weighted by Gasteiger charge is 2.18. The number of hydrazine groups is 1. The van der Waals surface area contributed by atoms with E-state index in [1.165, 1.54) is 12.1 Å². The molecule has 1 unspecified atom stereocenters. The van der Waals surface area contributed by atoms with Gasteiger partial charge in [-0.05, 0) is 42.0 Å². The van der Waals surface area contributed by atoms with Crippen LogP contribution in [0.2, 0.25) is 5.15 Å². The minimum Gasteiger partial charge on any atom is -0.459 e. The summed E-state index contributed by atoms with van der Waals surface area (Å²) in [7, 11) is 0. The van der Waals surface area contributed by atoms with E-state index in [1.807, 2.05) is 0 Å². The Kier molecular flexibility index (Phi) is 3.40. The van der Waals surface area contributed by atoms with E-state index in [4.69, 9.17) is 21.9 Å². The van der Waals surface area contributed by atoms with Gasteiger partial charge in [-0.2, -0.15) is 0 Å². The Morgan fingerprint density at radius 3 is 2.85 bits per heavy atom. The Morgan fingerprint density at radius 1 is 1.25 bits per heavy atom. The van der Waals surface area contributed by atoms with Gasteiger partial charge in [-0.3, -0.25) is 5.84 Å². The van der Waals surface area contributed by atoms with Gasteiger partial charge in [-0.1, -0.05) is 11.6 Å². The summed E-state index contributed by atoms with van der Waals surface area (Å²) in [5.41, 5.74) is 4.07. The number of aromatic nitrogens is 1. The van der Waals surface area contributed by atoms with Crippen LogP contribution in [0.3, 0.4) is 0 Å². The summed E-state index contributed by atoms with van der Waals surface area (Å²) in [5.74, 6) is 5.86. The van der Waals surface area contributed by atoms with Crippen molar-refractivity contribution in [1.82, 2.24) is 10.4 Å². The lowest BCUT2D eigenvalue weighted by atomic mass is 10.1. The maximum absolute atomic E-state index is 13.2. The van der Waals surface area contributed by atoms with Crippen molar-refractivity contribution in [2.75, 3.05) is 0 Å². The summed E-state index contributed by atoms with van der Waals surface area (Å²) in [4.78, 5) is 3.92. The van der Waals surface area contributed by atoms with Crippen molar-refractivity contribution in [3.05, 3.63) is 64.9 Å². The summed E-state index contributed by atoms with van der Waals surface area (Å²) >= 11 is 5.87. The fraction of sp³-hybridized carbons (Fsp3) is 0.0714. The Hall–Kier alpha value is -1.95. The maximum Gasteiger partial charge on any atom is 0.134 e. The first kappa shape index (κ1) is 13.1. The molecule has 0 spiro atoms. The van der Waals surface area contributed by atoms with E-state index in [1.54, 1.807) is 30.5 Å². The number of rotatable bonds is 3. The van der Waals surface area contributed by atoms with Crippen molar-refractivity contribution in [3.8, 4) is 0 Å². The minimum absolute atomic E-state index is 0.311. The lowest BCUT2D eigenvalue weighted by Gasteiger charge is -2.13. The molecule has 0 aliphatic rings. The molecule has 3 N–H and O–H groups in total. The molecule has 4 nitrogen and oxygen atoms in total. The van der Waals surface area contributed by atoms with Crippen molar-refractivity contribution in [1.29, 1.82) is 0 Å². The van der Waals surface area contributed by atoms with Gasteiger partial charge in [-0.25, -0.2) is 14.8 Å². The molecule has 102 valence electrons. The van der Waals surface area contributed by atoms with E-state index in [9.17, 15) is 4.39 Å². The zero-order valence-electron chi connectivity index (χ0n) is 10.3. The van der Waals surface area contributed by atoms with Crippen LogP contribution in [-0.4, -0.2) is 4.98 Å². The normalized spacial score (nSPS) is 12.8. The molecule has 0 aliphatic carbocycles. The molecule has 0 amide bonds. The molecule has 1 atom stereocenters. The van der Waals surface area contributed by atoms with E-state index < -0.39 is 0 Å². The molecule has 1 aromatic carbocycles. The van der Waals surface area contributed by atoms with Crippen LogP contribution >= 0.6 is 11.6 Å². The third kappa shape index (κ3) is 2.38. The van der Waals surface area contributed by atoms with Gasteiger partial charge in [-0.15, -0.1) is 0 Å². The Bertz CT molecular complexity index is 759. The fourth-order valence-corrected chi connectivity index (χ4v) is 2.30. The molecule has 2 aromatic heterocycles. The number of halogens is 2. The van der Waals surface area contributed by atoms with Crippen LogP contribution in [0.15, 0.2) is 47.0 Å². The highest BCUT2D eigenvalue weighted by molar-refractivity contribution is 6.29.